The lowest BCUT2D eigenvalue weighted by Crippen LogP contribution is -2.48. The Balaban J connectivity index is 1.62. The average molecular weight is 434 g/mol. The van der Waals surface area contributed by atoms with E-state index >= 15 is 0 Å². The minimum absolute atomic E-state index is 0.0162. The molecule has 4 heteroatoms. The van der Waals surface area contributed by atoms with E-state index in [-0.39, 0.29) is 23.4 Å². The quantitative estimate of drug-likeness (QED) is 0.728. The smallest absolute Gasteiger partial charge is 0.164 e. The largest absolute Gasteiger partial charge is 0.382 e. The fourth-order valence-electron chi connectivity index (χ4n) is 7.25. The molecule has 32 heavy (non-hydrogen) atoms. The van der Waals surface area contributed by atoms with Gasteiger partial charge in [-0.1, -0.05) is 24.6 Å². The monoisotopic (exact) mass is 433 g/mol. The predicted octanol–water partition coefficient (Wildman–Crippen LogP) is 4.97. The van der Waals surface area contributed by atoms with Crippen LogP contribution in [0.15, 0.2) is 47.1 Å². The van der Waals surface area contributed by atoms with Crippen LogP contribution in [-0.2, 0) is 9.59 Å². The van der Waals surface area contributed by atoms with Crippen molar-refractivity contribution >= 4 is 17.3 Å². The van der Waals surface area contributed by atoms with Crippen molar-refractivity contribution in [3.05, 3.63) is 52.6 Å². The molecule has 4 aliphatic rings. The Hall–Kier alpha value is -2.20. The van der Waals surface area contributed by atoms with E-state index in [1.54, 1.807) is 0 Å². The maximum absolute atomic E-state index is 12.9. The maximum atomic E-state index is 12.9. The molecule has 170 valence electrons. The van der Waals surface area contributed by atoms with Crippen LogP contribution in [-0.4, -0.2) is 36.4 Å². The highest BCUT2D eigenvalue weighted by Crippen LogP contribution is 2.61. The summed E-state index contributed by atoms with van der Waals surface area (Å²) in [7, 11) is 4.10. The standard InChI is InChI=1S/C28H35NO3/c1-4-26(31)28(32)14-13-22-23-11-7-18-15-20(30)10-12-21(18)27(23)24(16-25(22)28)17-5-8-19(9-6-17)29(2)3/h5-6,8-9,15,22-25,32H,4,7,10-14,16H2,1-3H3/t22?,23?,24-,25?,28+/m1/s1. The van der Waals surface area contributed by atoms with Gasteiger partial charge in [-0.25, -0.2) is 0 Å². The summed E-state index contributed by atoms with van der Waals surface area (Å²) in [6.45, 7) is 1.87. The lowest BCUT2D eigenvalue weighted by Gasteiger charge is -2.48. The number of carbonyl (C=O) groups excluding carboxylic acids is 2. The Morgan fingerprint density at radius 2 is 1.88 bits per heavy atom. The summed E-state index contributed by atoms with van der Waals surface area (Å²) in [5.74, 6) is 1.28. The van der Waals surface area contributed by atoms with Gasteiger partial charge in [0.15, 0.2) is 11.6 Å². The van der Waals surface area contributed by atoms with E-state index < -0.39 is 5.60 Å². The van der Waals surface area contributed by atoms with Crippen molar-refractivity contribution in [1.29, 1.82) is 0 Å². The first kappa shape index (κ1) is 21.6. The number of Topliss-reactive ketones (excluding diaryl/α,β-unsaturated/α-hetero) is 1. The van der Waals surface area contributed by atoms with Crippen molar-refractivity contribution in [1.82, 2.24) is 0 Å². The molecule has 0 amide bonds. The van der Waals surface area contributed by atoms with Crippen molar-refractivity contribution in [2.45, 2.75) is 69.8 Å². The second-order valence-electron chi connectivity index (χ2n) is 10.5. The predicted molar refractivity (Wildman–Crippen MR) is 127 cm³/mol. The average Bonchev–Trinajstić information content (AvgIpc) is 3.15. The third-order valence-corrected chi connectivity index (χ3v) is 8.80. The lowest BCUT2D eigenvalue weighted by atomic mass is 9.56. The normalized spacial score (nSPS) is 33.9. The Bertz CT molecular complexity index is 1000. The molecule has 0 bridgehead atoms. The Morgan fingerprint density at radius 3 is 2.56 bits per heavy atom. The first-order chi connectivity index (χ1) is 15.3. The van der Waals surface area contributed by atoms with Crippen LogP contribution in [0.25, 0.3) is 0 Å². The molecule has 0 saturated heterocycles. The Labute approximate surface area is 191 Å². The van der Waals surface area contributed by atoms with Gasteiger partial charge in [-0.3, -0.25) is 9.59 Å². The number of rotatable bonds is 4. The number of fused-ring (bicyclic) bond motifs is 4. The number of benzene rings is 1. The fraction of sp³-hybridized carbons (Fsp3) is 0.571. The van der Waals surface area contributed by atoms with E-state index in [2.05, 4.69) is 29.2 Å². The molecule has 0 aromatic heterocycles. The second-order valence-corrected chi connectivity index (χ2v) is 10.5. The highest BCUT2D eigenvalue weighted by atomic mass is 16.3. The minimum Gasteiger partial charge on any atom is -0.382 e. The molecular formula is C28H35NO3. The highest BCUT2D eigenvalue weighted by molar-refractivity contribution is 5.93. The zero-order valence-electron chi connectivity index (χ0n) is 19.6. The zero-order chi connectivity index (χ0) is 22.6. The topological polar surface area (TPSA) is 57.6 Å². The van der Waals surface area contributed by atoms with E-state index in [9.17, 15) is 14.7 Å². The van der Waals surface area contributed by atoms with Gasteiger partial charge in [-0.15, -0.1) is 0 Å². The van der Waals surface area contributed by atoms with Gasteiger partial charge in [-0.05, 0) is 91.2 Å². The number of anilines is 1. The molecule has 0 radical (unpaired) electrons. The van der Waals surface area contributed by atoms with Gasteiger partial charge < -0.3 is 10.0 Å². The summed E-state index contributed by atoms with van der Waals surface area (Å²) in [5.41, 5.74) is 5.45. The van der Waals surface area contributed by atoms with Crippen molar-refractivity contribution in [3.63, 3.8) is 0 Å². The summed E-state index contributed by atoms with van der Waals surface area (Å²) in [6, 6.07) is 8.80. The molecule has 5 atom stereocenters. The summed E-state index contributed by atoms with van der Waals surface area (Å²) < 4.78 is 0. The second kappa shape index (κ2) is 7.98. The molecule has 1 aromatic rings. The van der Waals surface area contributed by atoms with Crippen molar-refractivity contribution < 1.29 is 14.7 Å². The molecule has 5 rings (SSSR count). The summed E-state index contributed by atoms with van der Waals surface area (Å²) in [5, 5.41) is 11.6. The summed E-state index contributed by atoms with van der Waals surface area (Å²) in [4.78, 5) is 27.1. The maximum Gasteiger partial charge on any atom is 0.164 e. The number of allylic oxidation sites excluding steroid dienone is 4. The van der Waals surface area contributed by atoms with Gasteiger partial charge >= 0.3 is 0 Å². The van der Waals surface area contributed by atoms with E-state index in [4.69, 9.17) is 0 Å². The van der Waals surface area contributed by atoms with E-state index in [1.807, 2.05) is 27.1 Å². The third-order valence-electron chi connectivity index (χ3n) is 8.80. The number of ketones is 2. The Morgan fingerprint density at radius 1 is 1.12 bits per heavy atom. The van der Waals surface area contributed by atoms with Crippen LogP contribution in [0.5, 0.6) is 0 Å². The Kier molecular flexibility index (Phi) is 5.40. The van der Waals surface area contributed by atoms with Crippen LogP contribution in [0.2, 0.25) is 0 Å². The number of carbonyl (C=O) groups is 2. The molecule has 3 unspecified atom stereocenters. The van der Waals surface area contributed by atoms with Crippen LogP contribution in [0.4, 0.5) is 5.69 Å². The third kappa shape index (κ3) is 3.30. The molecule has 0 heterocycles. The summed E-state index contributed by atoms with van der Waals surface area (Å²) >= 11 is 0. The van der Waals surface area contributed by atoms with E-state index in [1.165, 1.54) is 28.0 Å². The van der Waals surface area contributed by atoms with Gasteiger partial charge in [0.05, 0.1) is 0 Å². The number of nitrogens with zero attached hydrogens (tertiary/aromatic N) is 1. The number of aliphatic hydroxyl groups is 1. The lowest BCUT2D eigenvalue weighted by molar-refractivity contribution is -0.143. The zero-order valence-corrected chi connectivity index (χ0v) is 19.6. The fourth-order valence-corrected chi connectivity index (χ4v) is 7.25. The molecule has 0 aliphatic heterocycles. The van der Waals surface area contributed by atoms with Gasteiger partial charge in [0, 0.05) is 38.5 Å². The molecule has 0 spiro atoms. The first-order valence-electron chi connectivity index (χ1n) is 12.3. The van der Waals surface area contributed by atoms with Gasteiger partial charge in [0.1, 0.15) is 5.60 Å². The molecular weight excluding hydrogens is 398 g/mol. The van der Waals surface area contributed by atoms with Crippen LogP contribution in [0, 0.1) is 17.8 Å². The van der Waals surface area contributed by atoms with E-state index in [0.29, 0.717) is 31.1 Å². The van der Waals surface area contributed by atoms with Crippen LogP contribution in [0.1, 0.15) is 69.8 Å². The van der Waals surface area contributed by atoms with Gasteiger partial charge in [0.2, 0.25) is 0 Å². The molecule has 4 aliphatic carbocycles. The highest BCUT2D eigenvalue weighted by Gasteiger charge is 2.57. The van der Waals surface area contributed by atoms with Crippen molar-refractivity contribution in [3.8, 4) is 0 Å². The first-order valence-corrected chi connectivity index (χ1v) is 12.3. The number of hydrogen-bond donors (Lipinski definition) is 1. The van der Waals surface area contributed by atoms with Gasteiger partial charge in [-0.2, -0.15) is 0 Å². The van der Waals surface area contributed by atoms with E-state index in [0.717, 1.165) is 32.1 Å². The van der Waals surface area contributed by atoms with Crippen molar-refractivity contribution in [2.75, 3.05) is 19.0 Å². The van der Waals surface area contributed by atoms with Crippen molar-refractivity contribution in [2.24, 2.45) is 17.8 Å². The SMILES string of the molecule is CCC(=O)[C@]1(O)CCC2C3CCC4=CC(=O)CCC4=C3[C@@H](c3ccc(N(C)C)cc3)CC21. The van der Waals surface area contributed by atoms with Crippen LogP contribution >= 0.6 is 0 Å². The number of hydrogen-bond acceptors (Lipinski definition) is 4. The summed E-state index contributed by atoms with van der Waals surface area (Å²) in [6.07, 6.45) is 8.07. The molecule has 1 N–H and O–H groups in total. The van der Waals surface area contributed by atoms with Crippen LogP contribution in [0.3, 0.4) is 0 Å². The molecule has 4 nitrogen and oxygen atoms in total. The molecule has 2 fully saturated rings. The van der Waals surface area contributed by atoms with Gasteiger partial charge in [0.25, 0.3) is 0 Å². The molecule has 1 aromatic carbocycles. The minimum atomic E-state index is -1.17. The van der Waals surface area contributed by atoms with Crippen LogP contribution < -0.4 is 4.90 Å². The molecule has 2 saturated carbocycles.